The summed E-state index contributed by atoms with van der Waals surface area (Å²) in [5.41, 5.74) is -0.459. The second-order valence-electron chi connectivity index (χ2n) is 6.90. The molecule has 1 atom stereocenters. The molecule has 0 spiro atoms. The maximum atomic E-state index is 11.8. The first-order chi connectivity index (χ1) is 12.3. The van der Waals surface area contributed by atoms with Gasteiger partial charge >= 0.3 is 6.09 Å². The van der Waals surface area contributed by atoms with Gasteiger partial charge in [0.1, 0.15) is 5.60 Å². The third kappa shape index (κ3) is 3.80. The Kier molecular flexibility index (Phi) is 4.60. The van der Waals surface area contributed by atoms with Crippen molar-refractivity contribution >= 4 is 23.7 Å². The Bertz CT molecular complexity index is 802. The van der Waals surface area contributed by atoms with E-state index in [0.717, 1.165) is 0 Å². The van der Waals surface area contributed by atoms with Gasteiger partial charge in [0.15, 0.2) is 0 Å². The van der Waals surface area contributed by atoms with Crippen molar-refractivity contribution in [2.24, 2.45) is 5.10 Å². The fraction of sp³-hybridized carbons (Fsp3) is 0.333. The number of hydrogen-bond acceptors (Lipinski definition) is 7. The van der Waals surface area contributed by atoms with E-state index in [9.17, 15) is 9.90 Å². The van der Waals surface area contributed by atoms with Gasteiger partial charge in [-0.1, -0.05) is 0 Å². The van der Waals surface area contributed by atoms with Gasteiger partial charge in [-0.25, -0.2) is 9.80 Å². The van der Waals surface area contributed by atoms with Crippen molar-refractivity contribution in [2.45, 2.75) is 38.5 Å². The van der Waals surface area contributed by atoms with E-state index in [2.05, 4.69) is 20.4 Å². The van der Waals surface area contributed by atoms with Gasteiger partial charge < -0.3 is 9.84 Å². The van der Waals surface area contributed by atoms with E-state index in [0.29, 0.717) is 17.1 Å². The fourth-order valence-corrected chi connectivity index (χ4v) is 2.53. The Labute approximate surface area is 151 Å². The first-order valence-corrected chi connectivity index (χ1v) is 8.19. The SMILES string of the molecule is CC(C)(C)OC(=O)Nc1ccc(C2(O)CC=NN2c2cccnc2)nc1. The van der Waals surface area contributed by atoms with Gasteiger partial charge in [0.25, 0.3) is 0 Å². The summed E-state index contributed by atoms with van der Waals surface area (Å²) in [5.74, 6) is 0. The fourth-order valence-electron chi connectivity index (χ4n) is 2.53. The molecule has 136 valence electrons. The molecule has 1 amide bonds. The van der Waals surface area contributed by atoms with E-state index in [1.807, 2.05) is 0 Å². The summed E-state index contributed by atoms with van der Waals surface area (Å²) in [4.78, 5) is 20.2. The third-order valence-corrected chi connectivity index (χ3v) is 3.63. The molecule has 2 N–H and O–H groups in total. The summed E-state index contributed by atoms with van der Waals surface area (Å²) in [6.45, 7) is 5.36. The summed E-state index contributed by atoms with van der Waals surface area (Å²) in [5, 5.41) is 19.4. The van der Waals surface area contributed by atoms with Crippen molar-refractivity contribution in [3.63, 3.8) is 0 Å². The van der Waals surface area contributed by atoms with Gasteiger partial charge in [0.2, 0.25) is 5.72 Å². The minimum atomic E-state index is -1.41. The number of hydrogen-bond donors (Lipinski definition) is 2. The third-order valence-electron chi connectivity index (χ3n) is 3.63. The summed E-state index contributed by atoms with van der Waals surface area (Å²) in [6, 6.07) is 6.87. The van der Waals surface area contributed by atoms with Crippen LogP contribution in [0.2, 0.25) is 0 Å². The van der Waals surface area contributed by atoms with Crippen molar-refractivity contribution in [2.75, 3.05) is 10.3 Å². The lowest BCUT2D eigenvalue weighted by molar-refractivity contribution is 0.0453. The molecule has 0 saturated carbocycles. The second kappa shape index (κ2) is 6.72. The molecule has 8 heteroatoms. The van der Waals surface area contributed by atoms with Crippen LogP contribution < -0.4 is 10.3 Å². The van der Waals surface area contributed by atoms with E-state index >= 15 is 0 Å². The predicted octanol–water partition coefficient (Wildman–Crippen LogP) is 2.86. The number of carbonyl (C=O) groups excluding carboxylic acids is 1. The highest BCUT2D eigenvalue weighted by Crippen LogP contribution is 2.35. The van der Waals surface area contributed by atoms with Crippen LogP contribution in [0.25, 0.3) is 0 Å². The average molecular weight is 355 g/mol. The number of rotatable bonds is 3. The molecule has 0 aliphatic carbocycles. The van der Waals surface area contributed by atoms with Crippen molar-refractivity contribution in [1.29, 1.82) is 0 Å². The van der Waals surface area contributed by atoms with Crippen LogP contribution in [0, 0.1) is 0 Å². The molecule has 1 aliphatic heterocycles. The van der Waals surface area contributed by atoms with Crippen LogP contribution in [0.4, 0.5) is 16.2 Å². The molecule has 0 aromatic carbocycles. The number of nitrogens with zero attached hydrogens (tertiary/aromatic N) is 4. The lowest BCUT2D eigenvalue weighted by Crippen LogP contribution is -2.40. The zero-order valence-electron chi connectivity index (χ0n) is 14.9. The van der Waals surface area contributed by atoms with Crippen molar-refractivity contribution < 1.29 is 14.6 Å². The Balaban J connectivity index is 1.76. The number of aliphatic hydroxyl groups is 1. The first-order valence-electron chi connectivity index (χ1n) is 8.19. The summed E-state index contributed by atoms with van der Waals surface area (Å²) >= 11 is 0. The topological polar surface area (TPSA) is 99.9 Å². The molecule has 0 saturated heterocycles. The number of pyridine rings is 2. The monoisotopic (exact) mass is 355 g/mol. The number of aromatic nitrogens is 2. The smallest absolute Gasteiger partial charge is 0.412 e. The van der Waals surface area contributed by atoms with Gasteiger partial charge in [-0.2, -0.15) is 5.10 Å². The first kappa shape index (κ1) is 17.8. The lowest BCUT2D eigenvalue weighted by Gasteiger charge is -2.31. The number of nitrogens with one attached hydrogen (secondary N) is 1. The molecule has 3 heterocycles. The molecular formula is C18H21N5O3. The Hall–Kier alpha value is -3.00. The number of anilines is 2. The molecule has 0 fully saturated rings. The van der Waals surface area contributed by atoms with Gasteiger partial charge in [0.05, 0.1) is 29.5 Å². The van der Waals surface area contributed by atoms with Crippen LogP contribution in [-0.2, 0) is 10.5 Å². The van der Waals surface area contributed by atoms with E-state index in [1.165, 1.54) is 11.2 Å². The lowest BCUT2D eigenvalue weighted by atomic mass is 10.1. The maximum absolute atomic E-state index is 11.8. The molecule has 26 heavy (non-hydrogen) atoms. The molecule has 2 aromatic heterocycles. The van der Waals surface area contributed by atoms with E-state index in [-0.39, 0.29) is 6.42 Å². The normalized spacial score (nSPS) is 19.5. The van der Waals surface area contributed by atoms with E-state index < -0.39 is 17.4 Å². The number of hydrazone groups is 1. The van der Waals surface area contributed by atoms with Crippen LogP contribution >= 0.6 is 0 Å². The molecule has 2 aromatic rings. The largest absolute Gasteiger partial charge is 0.444 e. The average Bonchev–Trinajstić information content (AvgIpc) is 2.97. The highest BCUT2D eigenvalue weighted by Gasteiger charge is 2.41. The molecular weight excluding hydrogens is 334 g/mol. The van der Waals surface area contributed by atoms with E-state index in [4.69, 9.17) is 4.74 Å². The number of carbonyl (C=O) groups is 1. The van der Waals surface area contributed by atoms with Crippen LogP contribution in [0.5, 0.6) is 0 Å². The van der Waals surface area contributed by atoms with Gasteiger partial charge in [0, 0.05) is 18.8 Å². The zero-order chi connectivity index (χ0) is 18.8. The summed E-state index contributed by atoms with van der Waals surface area (Å²) < 4.78 is 5.20. The second-order valence-corrected chi connectivity index (χ2v) is 6.90. The predicted molar refractivity (Wildman–Crippen MR) is 97.8 cm³/mol. The summed E-state index contributed by atoms with van der Waals surface area (Å²) in [7, 11) is 0. The standard InChI is InChI=1S/C18H21N5O3/c1-17(2,3)26-16(24)22-13-6-7-15(20-11-13)18(25)8-10-21-23(18)14-5-4-9-19-12-14/h4-7,9-12,25H,8H2,1-3H3,(H,22,24). The Morgan fingerprint density at radius 2 is 2.12 bits per heavy atom. The van der Waals surface area contributed by atoms with Crippen molar-refractivity contribution in [3.8, 4) is 0 Å². The molecule has 3 rings (SSSR count). The Morgan fingerprint density at radius 1 is 1.31 bits per heavy atom. The maximum Gasteiger partial charge on any atom is 0.412 e. The molecule has 0 radical (unpaired) electrons. The number of ether oxygens (including phenoxy) is 1. The van der Waals surface area contributed by atoms with Gasteiger partial charge in [-0.3, -0.25) is 15.3 Å². The summed E-state index contributed by atoms with van der Waals surface area (Å²) in [6.07, 6.45) is 6.09. The Morgan fingerprint density at radius 3 is 2.73 bits per heavy atom. The molecule has 1 unspecified atom stereocenters. The number of amides is 1. The minimum Gasteiger partial charge on any atom is -0.444 e. The molecule has 1 aliphatic rings. The minimum absolute atomic E-state index is 0.285. The van der Waals surface area contributed by atoms with Gasteiger partial charge in [-0.05, 0) is 45.0 Å². The van der Waals surface area contributed by atoms with Crippen LogP contribution in [0.15, 0.2) is 48.0 Å². The molecule has 0 bridgehead atoms. The highest BCUT2D eigenvalue weighted by molar-refractivity contribution is 5.84. The zero-order valence-corrected chi connectivity index (χ0v) is 14.9. The van der Waals surface area contributed by atoms with Crippen molar-refractivity contribution in [3.05, 3.63) is 48.5 Å². The highest BCUT2D eigenvalue weighted by atomic mass is 16.6. The van der Waals surface area contributed by atoms with Crippen LogP contribution in [0.1, 0.15) is 32.9 Å². The molecule has 8 nitrogen and oxygen atoms in total. The van der Waals surface area contributed by atoms with Gasteiger partial charge in [-0.15, -0.1) is 0 Å². The quantitative estimate of drug-likeness (QED) is 0.878. The van der Waals surface area contributed by atoms with E-state index in [1.54, 1.807) is 63.6 Å². The van der Waals surface area contributed by atoms with Crippen LogP contribution in [0.3, 0.4) is 0 Å². The van der Waals surface area contributed by atoms with Crippen LogP contribution in [-0.4, -0.2) is 33.0 Å². The van der Waals surface area contributed by atoms with Crippen molar-refractivity contribution in [1.82, 2.24) is 9.97 Å².